The molecule has 0 fully saturated rings. The highest BCUT2D eigenvalue weighted by Crippen LogP contribution is 2.54. The van der Waals surface area contributed by atoms with Crippen LogP contribution in [-0.2, 0) is 10.8 Å². The Morgan fingerprint density at radius 2 is 1.05 bits per heavy atom. The van der Waals surface area contributed by atoms with Crippen LogP contribution >= 0.6 is 0 Å². The molecule has 0 aromatic heterocycles. The predicted octanol–water partition coefficient (Wildman–Crippen LogP) is 10.3. The van der Waals surface area contributed by atoms with Crippen molar-refractivity contribution in [3.63, 3.8) is 0 Å². The Bertz CT molecular complexity index is 1960. The van der Waals surface area contributed by atoms with Crippen molar-refractivity contribution in [3.8, 4) is 33.8 Å². The molecule has 6 aromatic carbocycles. The fraction of sp³-hybridized carbons (Fsp3) is 0.128. The Morgan fingerprint density at radius 3 is 1.85 bits per heavy atom. The van der Waals surface area contributed by atoms with E-state index < -0.39 is 0 Å². The van der Waals surface area contributed by atoms with Gasteiger partial charge in [0.05, 0.1) is 0 Å². The number of ether oxygens (including phenoxy) is 1. The maximum absolute atomic E-state index is 6.47. The molecule has 6 aromatic rings. The van der Waals surface area contributed by atoms with E-state index in [0.29, 0.717) is 0 Å². The van der Waals surface area contributed by atoms with Gasteiger partial charge in [-0.3, -0.25) is 0 Å². The van der Waals surface area contributed by atoms with Crippen molar-refractivity contribution < 1.29 is 4.74 Å². The van der Waals surface area contributed by atoms with Gasteiger partial charge in [0.1, 0.15) is 11.5 Å². The van der Waals surface area contributed by atoms with E-state index in [1.807, 2.05) is 0 Å². The van der Waals surface area contributed by atoms with Gasteiger partial charge in [0, 0.05) is 22.0 Å². The lowest BCUT2D eigenvalue weighted by Gasteiger charge is -2.38. The molecule has 0 amide bonds. The molecule has 2 aliphatic rings. The summed E-state index contributed by atoms with van der Waals surface area (Å²) in [5, 5.41) is 2.60. The molecule has 1 heterocycles. The lowest BCUT2D eigenvalue weighted by atomic mass is 9.69. The molecule has 0 N–H and O–H groups in total. The summed E-state index contributed by atoms with van der Waals surface area (Å²) in [4.78, 5) is 0. The molecule has 0 spiro atoms. The molecule has 1 atom stereocenters. The normalized spacial score (nSPS) is 17.9. The molecule has 8 rings (SSSR count). The minimum Gasteiger partial charge on any atom is -0.457 e. The quantitative estimate of drug-likeness (QED) is 0.223. The first-order valence-electron chi connectivity index (χ1n) is 14.1. The van der Waals surface area contributed by atoms with Gasteiger partial charge in [-0.15, -0.1) is 0 Å². The molecular weight excluding hydrogens is 484 g/mol. The van der Waals surface area contributed by atoms with Gasteiger partial charge in [0.25, 0.3) is 0 Å². The summed E-state index contributed by atoms with van der Waals surface area (Å²) in [6.45, 7) is 7.06. The second kappa shape index (κ2) is 8.19. The van der Waals surface area contributed by atoms with Gasteiger partial charge in [0.2, 0.25) is 0 Å². The smallest absolute Gasteiger partial charge is 0.131 e. The van der Waals surface area contributed by atoms with Crippen LogP contribution in [0.1, 0.15) is 48.6 Å². The summed E-state index contributed by atoms with van der Waals surface area (Å²) in [7, 11) is 0. The van der Waals surface area contributed by atoms with Crippen LogP contribution in [0, 0.1) is 0 Å². The molecule has 40 heavy (non-hydrogen) atoms. The SMILES string of the molecule is CC1(C)c2cc(-c3ccc4c(c3)C(C)(c3ccccc3)c3ccccc3O4)ccc2-c2cc3ccccc3cc21. The molecule has 1 aliphatic carbocycles. The van der Waals surface area contributed by atoms with E-state index in [-0.39, 0.29) is 10.8 Å². The van der Waals surface area contributed by atoms with Gasteiger partial charge in [0.15, 0.2) is 0 Å². The largest absolute Gasteiger partial charge is 0.457 e. The second-order valence-electron chi connectivity index (χ2n) is 11.9. The van der Waals surface area contributed by atoms with E-state index in [4.69, 9.17) is 4.74 Å². The van der Waals surface area contributed by atoms with Crippen LogP contribution in [0.5, 0.6) is 11.5 Å². The molecule has 1 unspecified atom stereocenters. The summed E-state index contributed by atoms with van der Waals surface area (Å²) >= 11 is 0. The van der Waals surface area contributed by atoms with Crippen LogP contribution in [0.15, 0.2) is 127 Å². The summed E-state index contributed by atoms with van der Waals surface area (Å²) in [5.74, 6) is 1.85. The molecule has 1 heteroatoms. The van der Waals surface area contributed by atoms with Gasteiger partial charge < -0.3 is 4.74 Å². The third-order valence-electron chi connectivity index (χ3n) is 9.39. The zero-order chi connectivity index (χ0) is 27.1. The molecule has 1 nitrogen and oxygen atoms in total. The highest BCUT2D eigenvalue weighted by atomic mass is 16.5. The minimum atomic E-state index is -0.326. The lowest BCUT2D eigenvalue weighted by molar-refractivity contribution is 0.427. The van der Waals surface area contributed by atoms with Gasteiger partial charge in [-0.25, -0.2) is 0 Å². The molecule has 0 saturated heterocycles. The monoisotopic (exact) mass is 514 g/mol. The summed E-state index contributed by atoms with van der Waals surface area (Å²) < 4.78 is 6.47. The Balaban J connectivity index is 1.29. The average molecular weight is 515 g/mol. The van der Waals surface area contributed by atoms with Crippen LogP contribution in [0.25, 0.3) is 33.0 Å². The van der Waals surface area contributed by atoms with Crippen molar-refractivity contribution in [2.24, 2.45) is 0 Å². The molecule has 192 valence electrons. The van der Waals surface area contributed by atoms with Crippen molar-refractivity contribution in [1.82, 2.24) is 0 Å². The van der Waals surface area contributed by atoms with Crippen molar-refractivity contribution in [3.05, 3.63) is 155 Å². The maximum atomic E-state index is 6.47. The van der Waals surface area contributed by atoms with Crippen molar-refractivity contribution >= 4 is 10.8 Å². The minimum absolute atomic E-state index is 0.0699. The van der Waals surface area contributed by atoms with E-state index in [9.17, 15) is 0 Å². The maximum Gasteiger partial charge on any atom is 0.131 e. The fourth-order valence-electron chi connectivity index (χ4n) is 7.11. The summed E-state index contributed by atoms with van der Waals surface area (Å²) in [5.41, 5.74) is 11.2. The first kappa shape index (κ1) is 23.3. The van der Waals surface area contributed by atoms with Crippen LogP contribution in [-0.4, -0.2) is 0 Å². The van der Waals surface area contributed by atoms with Crippen LogP contribution in [0.2, 0.25) is 0 Å². The highest BCUT2D eigenvalue weighted by Gasteiger charge is 2.40. The number of hydrogen-bond acceptors (Lipinski definition) is 1. The van der Waals surface area contributed by atoms with Gasteiger partial charge in [-0.05, 0) is 93.0 Å². The Kier molecular flexibility index (Phi) is 4.77. The summed E-state index contributed by atoms with van der Waals surface area (Å²) in [6.07, 6.45) is 0. The number of hydrogen-bond donors (Lipinski definition) is 0. The van der Waals surface area contributed by atoms with Crippen LogP contribution in [0.3, 0.4) is 0 Å². The summed E-state index contributed by atoms with van der Waals surface area (Å²) in [6, 6.07) is 46.5. The van der Waals surface area contributed by atoms with Crippen LogP contribution < -0.4 is 4.74 Å². The van der Waals surface area contributed by atoms with Gasteiger partial charge in [-0.1, -0.05) is 105 Å². The van der Waals surface area contributed by atoms with Crippen molar-refractivity contribution in [2.75, 3.05) is 0 Å². The van der Waals surface area contributed by atoms with Crippen molar-refractivity contribution in [2.45, 2.75) is 31.6 Å². The highest BCUT2D eigenvalue weighted by molar-refractivity contribution is 5.94. The van der Waals surface area contributed by atoms with E-state index in [1.54, 1.807) is 0 Å². The molecule has 0 radical (unpaired) electrons. The first-order valence-corrected chi connectivity index (χ1v) is 14.1. The van der Waals surface area contributed by atoms with Crippen LogP contribution in [0.4, 0.5) is 0 Å². The molecule has 0 saturated carbocycles. The average Bonchev–Trinajstić information content (AvgIpc) is 3.21. The number of rotatable bonds is 2. The van der Waals surface area contributed by atoms with E-state index in [1.165, 1.54) is 60.8 Å². The van der Waals surface area contributed by atoms with E-state index in [0.717, 1.165) is 11.5 Å². The molecule has 1 aliphatic heterocycles. The number of fused-ring (bicyclic) bond motifs is 6. The lowest BCUT2D eigenvalue weighted by Crippen LogP contribution is -2.29. The molecule has 0 bridgehead atoms. The van der Waals surface area contributed by atoms with E-state index in [2.05, 4.69) is 148 Å². The third kappa shape index (κ3) is 3.15. The van der Waals surface area contributed by atoms with Crippen molar-refractivity contribution in [1.29, 1.82) is 0 Å². The number of benzene rings is 6. The zero-order valence-corrected chi connectivity index (χ0v) is 23.0. The Labute approximate surface area is 235 Å². The van der Waals surface area contributed by atoms with Gasteiger partial charge >= 0.3 is 0 Å². The molecular formula is C39H30O. The van der Waals surface area contributed by atoms with E-state index >= 15 is 0 Å². The standard InChI is InChI=1S/C39H30O/c1-38(2)33-23-27(17-19-30(33)31-21-25-11-7-8-12-26(25)22-34(31)38)28-18-20-37-35(24-28)39(3,29-13-5-4-6-14-29)32-15-9-10-16-36(32)40-37/h4-24H,1-3H3. The zero-order valence-electron chi connectivity index (χ0n) is 23.0. The van der Waals surface area contributed by atoms with Gasteiger partial charge in [-0.2, -0.15) is 0 Å². The predicted molar refractivity (Wildman–Crippen MR) is 165 cm³/mol. The Morgan fingerprint density at radius 1 is 0.450 bits per heavy atom. The first-order chi connectivity index (χ1) is 19.4. The fourth-order valence-corrected chi connectivity index (χ4v) is 7.11. The Hall–Kier alpha value is -4.62. The third-order valence-corrected chi connectivity index (χ3v) is 9.39. The topological polar surface area (TPSA) is 9.23 Å². The number of para-hydroxylation sites is 1. The second-order valence-corrected chi connectivity index (χ2v) is 11.9.